The summed E-state index contributed by atoms with van der Waals surface area (Å²) in [7, 11) is 0. The fraction of sp³-hybridized carbons (Fsp3) is 0.346. The van der Waals surface area contributed by atoms with E-state index in [-0.39, 0.29) is 12.0 Å². The number of aromatic nitrogens is 2. The Balaban J connectivity index is 1.45. The van der Waals surface area contributed by atoms with Gasteiger partial charge in [-0.25, -0.2) is 4.98 Å². The van der Waals surface area contributed by atoms with Gasteiger partial charge in [-0.3, -0.25) is 4.79 Å². The van der Waals surface area contributed by atoms with Crippen LogP contribution in [-0.2, 0) is 4.74 Å². The zero-order chi connectivity index (χ0) is 23.7. The summed E-state index contributed by atoms with van der Waals surface area (Å²) in [4.78, 5) is 18.1. The van der Waals surface area contributed by atoms with Crippen LogP contribution in [0.5, 0.6) is 5.75 Å². The number of rotatable bonds is 6. The van der Waals surface area contributed by atoms with Crippen molar-refractivity contribution in [1.82, 2.24) is 10.1 Å². The van der Waals surface area contributed by atoms with E-state index in [0.717, 1.165) is 43.0 Å². The van der Waals surface area contributed by atoms with E-state index in [1.54, 1.807) is 13.0 Å². The van der Waals surface area contributed by atoms with E-state index in [1.807, 2.05) is 44.2 Å². The van der Waals surface area contributed by atoms with E-state index in [9.17, 15) is 4.79 Å². The highest BCUT2D eigenvalue weighted by Gasteiger charge is 2.22. The fourth-order valence-electron chi connectivity index (χ4n) is 4.30. The lowest BCUT2D eigenvalue weighted by Gasteiger charge is -2.23. The third-order valence-electron chi connectivity index (χ3n) is 6.01. The van der Waals surface area contributed by atoms with Crippen molar-refractivity contribution in [2.75, 3.05) is 18.5 Å². The van der Waals surface area contributed by atoms with Crippen LogP contribution in [0.3, 0.4) is 0 Å². The molecule has 1 unspecified atom stereocenters. The van der Waals surface area contributed by atoms with Crippen LogP contribution in [0.15, 0.2) is 45.3 Å². The van der Waals surface area contributed by atoms with Crippen LogP contribution in [0.4, 0.5) is 5.69 Å². The minimum atomic E-state index is -0.303. The molecule has 0 spiro atoms. The Bertz CT molecular complexity index is 1330. The van der Waals surface area contributed by atoms with Crippen LogP contribution < -0.4 is 10.1 Å². The molecule has 1 N–H and O–H groups in total. The molecule has 1 aromatic carbocycles. The van der Waals surface area contributed by atoms with Gasteiger partial charge in [0.25, 0.3) is 11.6 Å². The number of carbonyl (C=O) groups excluding carboxylic acids is 1. The molecule has 0 radical (unpaired) electrons. The second-order valence-corrected chi connectivity index (χ2v) is 8.58. The molecule has 1 saturated heterocycles. The molecule has 0 bridgehead atoms. The van der Waals surface area contributed by atoms with Gasteiger partial charge in [0.1, 0.15) is 23.9 Å². The summed E-state index contributed by atoms with van der Waals surface area (Å²) >= 11 is 0. The van der Waals surface area contributed by atoms with Gasteiger partial charge < -0.3 is 23.7 Å². The molecule has 1 atom stereocenters. The summed E-state index contributed by atoms with van der Waals surface area (Å²) < 4.78 is 22.9. The first kappa shape index (κ1) is 22.2. The number of nitrogens with zero attached hydrogens (tertiary/aromatic N) is 2. The van der Waals surface area contributed by atoms with Crippen LogP contribution in [-0.4, -0.2) is 35.4 Å². The van der Waals surface area contributed by atoms with Crippen molar-refractivity contribution in [2.45, 2.75) is 46.1 Å². The number of hydrogen-bond donors (Lipinski definition) is 1. The molecular formula is C26H27N3O5. The number of benzene rings is 1. The molecule has 1 amide bonds. The zero-order valence-corrected chi connectivity index (χ0v) is 19.5. The van der Waals surface area contributed by atoms with Gasteiger partial charge in [-0.1, -0.05) is 17.3 Å². The highest BCUT2D eigenvalue weighted by molar-refractivity contribution is 6.13. The topological polar surface area (TPSA) is 99.6 Å². The Kier molecular flexibility index (Phi) is 6.06. The Morgan fingerprint density at radius 1 is 1.18 bits per heavy atom. The van der Waals surface area contributed by atoms with E-state index in [2.05, 4.69) is 15.5 Å². The van der Waals surface area contributed by atoms with Gasteiger partial charge in [-0.2, -0.15) is 0 Å². The molecule has 176 valence electrons. The lowest BCUT2D eigenvalue weighted by Crippen LogP contribution is -2.26. The Morgan fingerprint density at radius 2 is 2.03 bits per heavy atom. The Labute approximate surface area is 197 Å². The molecule has 4 heterocycles. The van der Waals surface area contributed by atoms with E-state index in [1.165, 1.54) is 0 Å². The van der Waals surface area contributed by atoms with Gasteiger partial charge in [-0.05, 0) is 64.3 Å². The minimum Gasteiger partial charge on any atom is -0.489 e. The molecular weight excluding hydrogens is 434 g/mol. The number of anilines is 1. The normalized spacial score (nSPS) is 16.0. The quantitative estimate of drug-likeness (QED) is 0.398. The van der Waals surface area contributed by atoms with Crippen LogP contribution in [0, 0.1) is 20.8 Å². The molecule has 34 heavy (non-hydrogen) atoms. The number of para-hydroxylation sites is 2. The highest BCUT2D eigenvalue weighted by Crippen LogP contribution is 2.32. The first-order valence-electron chi connectivity index (χ1n) is 11.5. The summed E-state index contributed by atoms with van der Waals surface area (Å²) in [6.45, 7) is 6.74. The highest BCUT2D eigenvalue weighted by atomic mass is 16.5. The van der Waals surface area contributed by atoms with Gasteiger partial charge >= 0.3 is 0 Å². The van der Waals surface area contributed by atoms with Gasteiger partial charge in [0.15, 0.2) is 0 Å². The predicted molar refractivity (Wildman–Crippen MR) is 127 cm³/mol. The van der Waals surface area contributed by atoms with Crippen molar-refractivity contribution in [2.24, 2.45) is 0 Å². The van der Waals surface area contributed by atoms with Crippen LogP contribution in [0.2, 0.25) is 0 Å². The molecule has 1 fully saturated rings. The smallest absolute Gasteiger partial charge is 0.259 e. The molecule has 0 saturated carbocycles. The molecule has 1 aliphatic rings. The van der Waals surface area contributed by atoms with E-state index in [0.29, 0.717) is 46.1 Å². The number of fused-ring (bicyclic) bond motifs is 1. The molecule has 3 aromatic heterocycles. The second-order valence-electron chi connectivity index (χ2n) is 8.58. The molecule has 4 aromatic rings. The molecule has 0 aliphatic carbocycles. The zero-order valence-electron chi connectivity index (χ0n) is 19.5. The van der Waals surface area contributed by atoms with Gasteiger partial charge in [0.05, 0.1) is 34.1 Å². The first-order chi connectivity index (χ1) is 16.5. The molecule has 5 rings (SSSR count). The maximum atomic E-state index is 13.5. The third-order valence-corrected chi connectivity index (χ3v) is 6.01. The molecule has 8 heteroatoms. The lowest BCUT2D eigenvalue weighted by molar-refractivity contribution is -0.0109. The number of aryl methyl sites for hydroxylation is 3. The van der Waals surface area contributed by atoms with E-state index >= 15 is 0 Å². The van der Waals surface area contributed by atoms with Crippen molar-refractivity contribution in [1.29, 1.82) is 0 Å². The van der Waals surface area contributed by atoms with E-state index in [4.69, 9.17) is 18.4 Å². The second kappa shape index (κ2) is 9.30. The maximum Gasteiger partial charge on any atom is 0.259 e. The summed E-state index contributed by atoms with van der Waals surface area (Å²) in [6, 6.07) is 11.0. The van der Waals surface area contributed by atoms with Crippen molar-refractivity contribution in [3.05, 3.63) is 59.2 Å². The van der Waals surface area contributed by atoms with Crippen molar-refractivity contribution in [3.8, 4) is 17.0 Å². The predicted octanol–water partition coefficient (Wildman–Crippen LogP) is 5.61. The number of pyridine rings is 1. The van der Waals surface area contributed by atoms with Crippen molar-refractivity contribution >= 4 is 22.7 Å². The number of hydrogen-bond acceptors (Lipinski definition) is 7. The first-order valence-corrected chi connectivity index (χ1v) is 11.5. The minimum absolute atomic E-state index is 0.0706. The Hall–Kier alpha value is -3.65. The Morgan fingerprint density at radius 3 is 2.79 bits per heavy atom. The van der Waals surface area contributed by atoms with Crippen LogP contribution in [0.1, 0.15) is 46.8 Å². The van der Waals surface area contributed by atoms with Gasteiger partial charge in [-0.15, -0.1) is 0 Å². The third kappa shape index (κ3) is 4.41. The summed E-state index contributed by atoms with van der Waals surface area (Å²) in [5.74, 6) is 1.78. The van der Waals surface area contributed by atoms with Crippen molar-refractivity contribution in [3.63, 3.8) is 0 Å². The fourth-order valence-corrected chi connectivity index (χ4v) is 4.30. The number of furan rings is 1. The lowest BCUT2D eigenvalue weighted by atomic mass is 10.1. The monoisotopic (exact) mass is 461 g/mol. The SMILES string of the molecule is Cc1cc(-c2cc(C(=O)Nc3ccccc3OCC3CCCCO3)c3c(C)noc3n2)c(C)o1. The molecule has 8 nitrogen and oxygen atoms in total. The number of carbonyl (C=O) groups is 1. The van der Waals surface area contributed by atoms with Crippen molar-refractivity contribution < 1.29 is 23.2 Å². The number of ether oxygens (including phenoxy) is 2. The average Bonchev–Trinajstić information content (AvgIpc) is 3.39. The van der Waals surface area contributed by atoms with Crippen LogP contribution in [0.25, 0.3) is 22.4 Å². The average molecular weight is 462 g/mol. The van der Waals surface area contributed by atoms with Gasteiger partial charge in [0.2, 0.25) is 0 Å². The van der Waals surface area contributed by atoms with E-state index < -0.39 is 0 Å². The number of amides is 1. The maximum absolute atomic E-state index is 13.5. The standard InChI is InChI=1S/C26H27N3O5/c1-15-12-19(17(3)33-15)22-13-20(24-16(2)29-34-26(24)28-22)25(30)27-21-9-4-5-10-23(21)32-14-18-8-6-7-11-31-18/h4-5,9-10,12-13,18H,6-8,11,14H2,1-3H3,(H,27,30). The number of nitrogens with one attached hydrogen (secondary N) is 1. The van der Waals surface area contributed by atoms with Crippen LogP contribution >= 0.6 is 0 Å². The summed E-state index contributed by atoms with van der Waals surface area (Å²) in [6.07, 6.45) is 3.28. The molecule has 1 aliphatic heterocycles. The largest absolute Gasteiger partial charge is 0.489 e. The van der Waals surface area contributed by atoms with Gasteiger partial charge in [0, 0.05) is 12.2 Å². The summed E-state index contributed by atoms with van der Waals surface area (Å²) in [5, 5.41) is 7.60. The summed E-state index contributed by atoms with van der Waals surface area (Å²) in [5.41, 5.74) is 3.29.